The van der Waals surface area contributed by atoms with E-state index in [0.717, 1.165) is 0 Å². The summed E-state index contributed by atoms with van der Waals surface area (Å²) < 4.78 is 0. The van der Waals surface area contributed by atoms with Crippen molar-refractivity contribution in [1.82, 2.24) is 0 Å². The van der Waals surface area contributed by atoms with Gasteiger partial charge in [-0.15, -0.1) is 0 Å². The molecule has 0 atom stereocenters. The average Bonchev–Trinajstić information content (AvgIpc) is 2.73. The van der Waals surface area contributed by atoms with Crippen LogP contribution < -0.4 is 26.7 Å². The van der Waals surface area contributed by atoms with Crippen LogP contribution in [0.4, 0.5) is 17.1 Å². The van der Waals surface area contributed by atoms with Crippen molar-refractivity contribution in [2.75, 3.05) is 16.4 Å². The summed E-state index contributed by atoms with van der Waals surface area (Å²) in [7, 11) is -2.82. The van der Waals surface area contributed by atoms with Gasteiger partial charge in [-0.1, -0.05) is 80.0 Å². The van der Waals surface area contributed by atoms with Gasteiger partial charge in [0.2, 0.25) is 0 Å². The topological polar surface area (TPSA) is 84.2 Å². The highest BCUT2D eigenvalue weighted by Crippen LogP contribution is 2.21. The standard InChI is InChI=1S/C26H33N3O2Si2/c1-32(2,3)20-14-10-18(11-15-20)28-25(30)22-8-7-9-23(24(22)27)26(31)29-19-12-16-21(17-13-19)33(4,5)6/h7-17H,27H2,1-6H3,(H,28,30)(H,29,31). The third-order valence-electron chi connectivity index (χ3n) is 5.61. The summed E-state index contributed by atoms with van der Waals surface area (Å²) in [6.07, 6.45) is 0. The second kappa shape index (κ2) is 9.37. The maximum absolute atomic E-state index is 12.9. The molecule has 0 fully saturated rings. The van der Waals surface area contributed by atoms with Crippen LogP contribution in [0.2, 0.25) is 39.3 Å². The Bertz CT molecular complexity index is 1070. The van der Waals surface area contributed by atoms with Gasteiger partial charge < -0.3 is 16.4 Å². The van der Waals surface area contributed by atoms with Crippen LogP contribution in [-0.4, -0.2) is 28.0 Å². The van der Waals surface area contributed by atoms with Crippen molar-refractivity contribution in [3.63, 3.8) is 0 Å². The Labute approximate surface area is 198 Å². The van der Waals surface area contributed by atoms with Gasteiger partial charge in [0.1, 0.15) is 0 Å². The molecule has 3 aromatic rings. The minimum atomic E-state index is -1.41. The summed E-state index contributed by atoms with van der Waals surface area (Å²) in [4.78, 5) is 25.7. The quantitative estimate of drug-likeness (QED) is 0.351. The van der Waals surface area contributed by atoms with Crippen molar-refractivity contribution in [2.45, 2.75) is 39.3 Å². The molecular formula is C26H33N3O2Si2. The lowest BCUT2D eigenvalue weighted by Crippen LogP contribution is -2.37. The zero-order valence-corrected chi connectivity index (χ0v) is 22.2. The predicted molar refractivity (Wildman–Crippen MR) is 146 cm³/mol. The highest BCUT2D eigenvalue weighted by molar-refractivity contribution is 6.89. The molecule has 0 aliphatic heterocycles. The Morgan fingerprint density at radius 1 is 0.606 bits per heavy atom. The van der Waals surface area contributed by atoms with Gasteiger partial charge in [0.25, 0.3) is 11.8 Å². The molecule has 5 nitrogen and oxygen atoms in total. The molecule has 172 valence electrons. The number of hydrogen-bond acceptors (Lipinski definition) is 3. The minimum absolute atomic E-state index is 0.157. The molecule has 0 spiro atoms. The first-order chi connectivity index (χ1) is 15.4. The number of rotatable bonds is 6. The first-order valence-electron chi connectivity index (χ1n) is 11.1. The number of para-hydroxylation sites is 1. The van der Waals surface area contributed by atoms with Gasteiger partial charge in [-0.2, -0.15) is 0 Å². The van der Waals surface area contributed by atoms with Gasteiger partial charge in [-0.25, -0.2) is 0 Å². The summed E-state index contributed by atoms with van der Waals surface area (Å²) >= 11 is 0. The Balaban J connectivity index is 1.75. The van der Waals surface area contributed by atoms with Gasteiger partial charge in [-0.05, 0) is 36.4 Å². The molecule has 0 saturated carbocycles. The van der Waals surface area contributed by atoms with E-state index in [0.29, 0.717) is 11.4 Å². The molecule has 2 amide bonds. The molecule has 3 rings (SSSR count). The summed E-state index contributed by atoms with van der Waals surface area (Å²) in [5.74, 6) is -0.690. The summed E-state index contributed by atoms with van der Waals surface area (Å²) in [6.45, 7) is 13.7. The fourth-order valence-corrected chi connectivity index (χ4v) is 5.80. The molecule has 0 aliphatic carbocycles. The van der Waals surface area contributed by atoms with Crippen molar-refractivity contribution in [3.8, 4) is 0 Å². The van der Waals surface area contributed by atoms with Gasteiger partial charge in [0, 0.05) is 11.4 Å². The number of anilines is 3. The van der Waals surface area contributed by atoms with E-state index >= 15 is 0 Å². The second-order valence-corrected chi connectivity index (χ2v) is 20.5. The van der Waals surface area contributed by atoms with E-state index in [4.69, 9.17) is 5.73 Å². The molecule has 7 heteroatoms. The van der Waals surface area contributed by atoms with E-state index in [1.807, 2.05) is 24.3 Å². The maximum Gasteiger partial charge on any atom is 0.257 e. The molecular weight excluding hydrogens is 442 g/mol. The van der Waals surface area contributed by atoms with Crippen LogP contribution in [0, 0.1) is 0 Å². The summed E-state index contributed by atoms with van der Waals surface area (Å²) in [5.41, 5.74) is 8.33. The van der Waals surface area contributed by atoms with Crippen molar-refractivity contribution >= 4 is 55.4 Å². The predicted octanol–water partition coefficient (Wildman–Crippen LogP) is 4.86. The third-order valence-corrected chi connectivity index (χ3v) is 9.74. The van der Waals surface area contributed by atoms with E-state index < -0.39 is 16.1 Å². The number of amides is 2. The summed E-state index contributed by atoms with van der Waals surface area (Å²) in [5, 5.41) is 8.40. The number of benzene rings is 3. The van der Waals surface area contributed by atoms with Crippen molar-refractivity contribution < 1.29 is 9.59 Å². The maximum atomic E-state index is 12.9. The highest BCUT2D eigenvalue weighted by atomic mass is 28.3. The van der Waals surface area contributed by atoms with Gasteiger partial charge in [0.05, 0.1) is 33.0 Å². The lowest BCUT2D eigenvalue weighted by Gasteiger charge is -2.17. The molecule has 0 aliphatic rings. The van der Waals surface area contributed by atoms with E-state index in [1.165, 1.54) is 10.4 Å². The molecule has 0 saturated heterocycles. The number of carbonyl (C=O) groups excluding carboxylic acids is 2. The van der Waals surface area contributed by atoms with Crippen molar-refractivity contribution in [2.24, 2.45) is 0 Å². The zero-order valence-electron chi connectivity index (χ0n) is 20.2. The molecule has 0 heterocycles. The molecule has 0 unspecified atom stereocenters. The second-order valence-electron chi connectivity index (χ2n) is 10.3. The minimum Gasteiger partial charge on any atom is -0.397 e. The lowest BCUT2D eigenvalue weighted by atomic mass is 10.1. The monoisotopic (exact) mass is 475 g/mol. The van der Waals surface area contributed by atoms with E-state index in [2.05, 4.69) is 74.2 Å². The number of nitrogens with one attached hydrogen (secondary N) is 2. The zero-order chi connectivity index (χ0) is 24.4. The Morgan fingerprint density at radius 3 is 1.24 bits per heavy atom. The highest BCUT2D eigenvalue weighted by Gasteiger charge is 2.20. The molecule has 3 aromatic carbocycles. The number of nitrogen functional groups attached to an aromatic ring is 1. The van der Waals surface area contributed by atoms with Gasteiger partial charge in [-0.3, -0.25) is 9.59 Å². The fourth-order valence-electron chi connectivity index (χ4n) is 3.47. The van der Waals surface area contributed by atoms with Crippen LogP contribution in [0.1, 0.15) is 20.7 Å². The van der Waals surface area contributed by atoms with Crippen LogP contribution in [0.3, 0.4) is 0 Å². The van der Waals surface area contributed by atoms with Crippen LogP contribution in [0.15, 0.2) is 66.7 Å². The summed E-state index contributed by atoms with van der Waals surface area (Å²) in [6, 6.07) is 20.8. The van der Waals surface area contributed by atoms with E-state index in [9.17, 15) is 9.59 Å². The van der Waals surface area contributed by atoms with Crippen LogP contribution in [0.5, 0.6) is 0 Å². The normalized spacial score (nSPS) is 11.7. The molecule has 4 N–H and O–H groups in total. The first-order valence-corrected chi connectivity index (χ1v) is 18.1. The molecule has 0 aromatic heterocycles. The van der Waals surface area contributed by atoms with Crippen molar-refractivity contribution in [1.29, 1.82) is 0 Å². The van der Waals surface area contributed by atoms with E-state index in [-0.39, 0.29) is 28.6 Å². The third kappa shape index (κ3) is 6.00. The Hall–Kier alpha value is -3.17. The largest absolute Gasteiger partial charge is 0.397 e. The molecule has 0 bridgehead atoms. The van der Waals surface area contributed by atoms with Crippen molar-refractivity contribution in [3.05, 3.63) is 77.9 Å². The number of nitrogens with two attached hydrogens (primary N) is 1. The first kappa shape index (κ1) is 24.5. The van der Waals surface area contributed by atoms with Crippen LogP contribution >= 0.6 is 0 Å². The molecule has 0 radical (unpaired) electrons. The Morgan fingerprint density at radius 2 is 0.939 bits per heavy atom. The van der Waals surface area contributed by atoms with Crippen LogP contribution in [-0.2, 0) is 0 Å². The van der Waals surface area contributed by atoms with Gasteiger partial charge >= 0.3 is 0 Å². The van der Waals surface area contributed by atoms with Crippen LogP contribution in [0.25, 0.3) is 0 Å². The smallest absolute Gasteiger partial charge is 0.257 e. The molecule has 33 heavy (non-hydrogen) atoms. The van der Waals surface area contributed by atoms with E-state index in [1.54, 1.807) is 18.2 Å². The average molecular weight is 476 g/mol. The SMILES string of the molecule is C[Si](C)(C)c1ccc(NC(=O)c2cccc(C(=O)Nc3ccc([Si](C)(C)C)cc3)c2N)cc1. The lowest BCUT2D eigenvalue weighted by molar-refractivity contribution is 0.102. The Kier molecular flexibility index (Phi) is 6.95. The number of hydrogen-bond donors (Lipinski definition) is 3. The van der Waals surface area contributed by atoms with Gasteiger partial charge in [0.15, 0.2) is 0 Å². The number of carbonyl (C=O) groups is 2. The fraction of sp³-hybridized carbons (Fsp3) is 0.231.